The van der Waals surface area contributed by atoms with Crippen molar-refractivity contribution in [2.45, 2.75) is 245 Å². The van der Waals surface area contributed by atoms with E-state index >= 15 is 0 Å². The lowest BCUT2D eigenvalue weighted by molar-refractivity contribution is -0.870. The summed E-state index contributed by atoms with van der Waals surface area (Å²) >= 11 is 0. The van der Waals surface area contributed by atoms with E-state index < -0.39 is 26.6 Å². The van der Waals surface area contributed by atoms with Crippen molar-refractivity contribution in [3.8, 4) is 0 Å². The van der Waals surface area contributed by atoms with E-state index in [0.717, 1.165) is 109 Å². The van der Waals surface area contributed by atoms with E-state index in [-0.39, 0.29) is 31.3 Å². The Labute approximate surface area is 467 Å². The molecule has 434 valence electrons. The first-order valence-electron chi connectivity index (χ1n) is 30.3. The normalized spacial score (nSPS) is 14.6. The molecule has 0 spiro atoms. The van der Waals surface area contributed by atoms with Gasteiger partial charge >= 0.3 is 5.97 Å². The van der Waals surface area contributed by atoms with Crippen molar-refractivity contribution in [3.63, 3.8) is 0 Å². The number of rotatable bonds is 53. The zero-order valence-electron chi connectivity index (χ0n) is 49.4. The van der Waals surface area contributed by atoms with Crippen LogP contribution in [0.5, 0.6) is 0 Å². The third-order valence-electron chi connectivity index (χ3n) is 12.6. The minimum Gasteiger partial charge on any atom is -0.756 e. The summed E-state index contributed by atoms with van der Waals surface area (Å²) in [5.74, 6) is -0.662. The van der Waals surface area contributed by atoms with Crippen LogP contribution in [0.25, 0.3) is 0 Å². The van der Waals surface area contributed by atoms with Crippen LogP contribution < -0.4 is 10.2 Å². The molecule has 0 aromatic carbocycles. The van der Waals surface area contributed by atoms with Gasteiger partial charge < -0.3 is 28.5 Å². The molecule has 9 nitrogen and oxygen atoms in total. The van der Waals surface area contributed by atoms with Crippen LogP contribution in [0.3, 0.4) is 0 Å². The van der Waals surface area contributed by atoms with E-state index in [2.05, 4.69) is 123 Å². The summed E-state index contributed by atoms with van der Waals surface area (Å²) in [6.45, 7) is 6.61. The molecule has 0 heterocycles. The van der Waals surface area contributed by atoms with Crippen LogP contribution in [0.1, 0.15) is 233 Å². The molecule has 3 unspecified atom stereocenters. The average molecular weight is 1080 g/mol. The van der Waals surface area contributed by atoms with Gasteiger partial charge in [0.2, 0.25) is 5.91 Å². The second kappa shape index (κ2) is 54.8. The number of hydrogen-bond donors (Lipinski definition) is 1. The van der Waals surface area contributed by atoms with Crippen LogP contribution in [0.4, 0.5) is 0 Å². The Hall–Kier alpha value is -3.59. The Bertz CT molecular complexity index is 1720. The van der Waals surface area contributed by atoms with Gasteiger partial charge in [0.1, 0.15) is 19.3 Å². The molecule has 0 aromatic rings. The minimum atomic E-state index is -4.73. The highest BCUT2D eigenvalue weighted by Crippen LogP contribution is 2.38. The van der Waals surface area contributed by atoms with E-state index in [0.29, 0.717) is 23.9 Å². The van der Waals surface area contributed by atoms with Crippen molar-refractivity contribution < 1.29 is 37.3 Å². The average Bonchev–Trinajstić information content (AvgIpc) is 3.38. The molecule has 0 aliphatic rings. The number of carbonyl (C=O) groups is 2. The minimum absolute atomic E-state index is 0.0446. The van der Waals surface area contributed by atoms with E-state index in [9.17, 15) is 19.0 Å². The van der Waals surface area contributed by atoms with Crippen molar-refractivity contribution in [2.75, 3.05) is 40.9 Å². The molecule has 0 rings (SSSR count). The number of ether oxygens (including phenoxy) is 1. The third-order valence-corrected chi connectivity index (χ3v) is 13.6. The van der Waals surface area contributed by atoms with Gasteiger partial charge in [-0.3, -0.25) is 14.2 Å². The summed E-state index contributed by atoms with van der Waals surface area (Å²) in [6.07, 6.45) is 76.1. The van der Waals surface area contributed by atoms with Gasteiger partial charge in [0.25, 0.3) is 7.82 Å². The van der Waals surface area contributed by atoms with Gasteiger partial charge in [0.15, 0.2) is 0 Å². The van der Waals surface area contributed by atoms with Gasteiger partial charge in [-0.05, 0) is 109 Å². The Kier molecular flexibility index (Phi) is 52.2. The zero-order chi connectivity index (χ0) is 55.7. The highest BCUT2D eigenvalue weighted by atomic mass is 31.2. The van der Waals surface area contributed by atoms with Crippen LogP contribution in [-0.4, -0.2) is 69.4 Å². The quantitative estimate of drug-likeness (QED) is 0.0212. The summed E-state index contributed by atoms with van der Waals surface area (Å²) in [7, 11) is 1.11. The third kappa shape index (κ3) is 55.2. The lowest BCUT2D eigenvalue weighted by Crippen LogP contribution is -2.47. The predicted molar refractivity (Wildman–Crippen MR) is 325 cm³/mol. The first-order valence-corrected chi connectivity index (χ1v) is 31.8. The number of hydrogen-bond acceptors (Lipinski definition) is 7. The lowest BCUT2D eigenvalue weighted by Gasteiger charge is -2.30. The molecule has 0 bridgehead atoms. The maximum atomic E-state index is 13.5. The fourth-order valence-corrected chi connectivity index (χ4v) is 8.68. The maximum absolute atomic E-state index is 13.5. The molecule has 76 heavy (non-hydrogen) atoms. The molecule has 0 saturated heterocycles. The number of likely N-dealkylation sites (N-methyl/N-ethyl adjacent to an activating group) is 1. The molecule has 0 saturated carbocycles. The molecule has 1 N–H and O–H groups in total. The molecule has 0 aromatic heterocycles. The second-order valence-electron chi connectivity index (χ2n) is 21.1. The van der Waals surface area contributed by atoms with Crippen molar-refractivity contribution in [3.05, 3.63) is 122 Å². The van der Waals surface area contributed by atoms with Crippen LogP contribution >= 0.6 is 7.82 Å². The summed E-state index contributed by atoms with van der Waals surface area (Å²) in [6, 6.07) is -0.942. The number of quaternary nitrogens is 1. The molecular weight excluding hydrogens is 964 g/mol. The largest absolute Gasteiger partial charge is 0.756 e. The van der Waals surface area contributed by atoms with Gasteiger partial charge in [0, 0.05) is 12.8 Å². The van der Waals surface area contributed by atoms with Crippen molar-refractivity contribution in [1.82, 2.24) is 5.32 Å². The van der Waals surface area contributed by atoms with Gasteiger partial charge in [-0.2, -0.15) is 0 Å². The monoisotopic (exact) mass is 1080 g/mol. The Balaban J connectivity index is 5.44. The van der Waals surface area contributed by atoms with E-state index in [1.165, 1.54) is 77.0 Å². The number of allylic oxidation sites excluding steroid dienone is 19. The highest BCUT2D eigenvalue weighted by Gasteiger charge is 2.27. The molecule has 1 amide bonds. The Morgan fingerprint density at radius 1 is 0.474 bits per heavy atom. The molecule has 3 atom stereocenters. The summed E-state index contributed by atoms with van der Waals surface area (Å²) in [5, 5.41) is 2.97. The molecule has 0 aliphatic heterocycles. The number of carbonyl (C=O) groups excluding carboxylic acids is 2. The van der Waals surface area contributed by atoms with Crippen LogP contribution in [-0.2, 0) is 27.9 Å². The number of phosphoric acid groups is 1. The standard InChI is InChI=1S/C66H113N2O7P/c1-7-10-13-16-19-22-25-28-30-32-34-36-38-40-43-46-49-52-55-58-65(69)67-63(62-74-76(71,72)73-61-60-68(4,5)6)64(57-54-51-48-45-42-27-24-21-18-15-12-9-3)75-66(70)59-56-53-50-47-44-41-39-37-35-33-31-29-26-23-20-17-14-11-8-2/h10,13,19-20,22-23,28-31,34-37,40,43,49,52,54,57,63-64H,7-9,11-12,14-18,21,24-27,32-33,38-39,41-42,44-48,50-51,53,55-56,58-62H2,1-6H3,(H-,67,69,71,72)/b13-10-,22-19-,23-20-,30-28-,31-29-,36-34-,37-35-,43-40-,52-49-,57-54+. The number of nitrogens with zero attached hydrogens (tertiary/aromatic N) is 1. The maximum Gasteiger partial charge on any atom is 0.306 e. The van der Waals surface area contributed by atoms with Gasteiger partial charge in [-0.25, -0.2) is 0 Å². The number of phosphoric ester groups is 1. The van der Waals surface area contributed by atoms with Gasteiger partial charge in [0.05, 0.1) is 33.8 Å². The first-order chi connectivity index (χ1) is 36.9. The smallest absolute Gasteiger partial charge is 0.306 e. The molecule has 0 radical (unpaired) electrons. The zero-order valence-corrected chi connectivity index (χ0v) is 50.3. The van der Waals surface area contributed by atoms with Crippen molar-refractivity contribution >= 4 is 19.7 Å². The predicted octanol–water partition coefficient (Wildman–Crippen LogP) is 18.1. The SMILES string of the molecule is CC/C=C\C/C=C\C/C=C\C/C=C\C/C=C\C/C=C\CCC(=O)NC(COP(=O)([O-])OCC[N+](C)(C)C)C(/C=C/CCCCCCCCCCCC)OC(=O)CCCCCCCC/C=C\C/C=C\C/C=C\CCCCC. The number of unbranched alkanes of at least 4 members (excludes halogenated alkanes) is 19. The first kappa shape index (κ1) is 72.4. The number of nitrogens with one attached hydrogen (secondary N) is 1. The van der Waals surface area contributed by atoms with Crippen LogP contribution in [0, 0.1) is 0 Å². The summed E-state index contributed by atoms with van der Waals surface area (Å²) < 4.78 is 30.2. The lowest BCUT2D eigenvalue weighted by atomic mass is 10.1. The fraction of sp³-hybridized carbons (Fsp3) is 0.667. The molecule has 0 aliphatic carbocycles. The van der Waals surface area contributed by atoms with E-state index in [4.69, 9.17) is 13.8 Å². The topological polar surface area (TPSA) is 114 Å². The Morgan fingerprint density at radius 3 is 1.32 bits per heavy atom. The highest BCUT2D eigenvalue weighted by molar-refractivity contribution is 7.45. The number of esters is 1. The number of amides is 1. The summed E-state index contributed by atoms with van der Waals surface area (Å²) in [4.78, 5) is 39.9. The van der Waals surface area contributed by atoms with E-state index in [1.807, 2.05) is 39.4 Å². The second-order valence-corrected chi connectivity index (χ2v) is 22.5. The van der Waals surface area contributed by atoms with Gasteiger partial charge in [-0.15, -0.1) is 0 Å². The molecule has 10 heteroatoms. The Morgan fingerprint density at radius 2 is 0.855 bits per heavy atom. The van der Waals surface area contributed by atoms with Gasteiger partial charge in [-0.1, -0.05) is 233 Å². The molecule has 0 fully saturated rings. The van der Waals surface area contributed by atoms with Crippen molar-refractivity contribution in [1.29, 1.82) is 0 Å². The van der Waals surface area contributed by atoms with Crippen LogP contribution in [0.15, 0.2) is 122 Å². The van der Waals surface area contributed by atoms with E-state index in [1.54, 1.807) is 6.08 Å². The van der Waals surface area contributed by atoms with Crippen molar-refractivity contribution in [2.24, 2.45) is 0 Å². The van der Waals surface area contributed by atoms with Crippen LogP contribution in [0.2, 0.25) is 0 Å². The molecular formula is C66H113N2O7P. The summed E-state index contributed by atoms with van der Waals surface area (Å²) in [5.41, 5.74) is 0. The fourth-order valence-electron chi connectivity index (χ4n) is 7.96.